The van der Waals surface area contributed by atoms with Gasteiger partial charge in [0, 0.05) is 50.1 Å². The molecule has 5 rings (SSSR count). The van der Waals surface area contributed by atoms with Gasteiger partial charge in [0.1, 0.15) is 5.52 Å². The second-order valence-corrected chi connectivity index (χ2v) is 7.77. The molecule has 4 aromatic rings. The number of aliphatic hydroxyl groups is 1. The first-order valence-electron chi connectivity index (χ1n) is 11.0. The Labute approximate surface area is 190 Å². The van der Waals surface area contributed by atoms with Crippen LogP contribution in [0.5, 0.6) is 0 Å². The van der Waals surface area contributed by atoms with Gasteiger partial charge >= 0.3 is 0 Å². The Balaban J connectivity index is 1.54. The van der Waals surface area contributed by atoms with E-state index in [2.05, 4.69) is 10.2 Å². The highest BCUT2D eigenvalue weighted by Crippen LogP contribution is 2.31. The van der Waals surface area contributed by atoms with Gasteiger partial charge in [-0.05, 0) is 12.5 Å². The van der Waals surface area contributed by atoms with Gasteiger partial charge in [-0.2, -0.15) is 5.10 Å². The van der Waals surface area contributed by atoms with E-state index in [9.17, 15) is 4.79 Å². The summed E-state index contributed by atoms with van der Waals surface area (Å²) in [5.41, 5.74) is 3.86. The van der Waals surface area contributed by atoms with Crippen molar-refractivity contribution in [1.29, 1.82) is 0 Å². The van der Waals surface area contributed by atoms with E-state index in [4.69, 9.17) is 24.3 Å². The lowest BCUT2D eigenvalue weighted by atomic mass is 10.2. The summed E-state index contributed by atoms with van der Waals surface area (Å²) in [4.78, 5) is 19.4. The summed E-state index contributed by atoms with van der Waals surface area (Å²) < 4.78 is 13.2. The van der Waals surface area contributed by atoms with E-state index in [1.54, 1.807) is 10.7 Å². The van der Waals surface area contributed by atoms with Crippen LogP contribution in [0.3, 0.4) is 0 Å². The first-order chi connectivity index (χ1) is 16.2. The Bertz CT molecular complexity index is 1240. The number of carbonyl (C=O) groups is 1. The number of nitrogens with zero attached hydrogens (tertiary/aromatic N) is 4. The van der Waals surface area contributed by atoms with E-state index in [0.717, 1.165) is 16.9 Å². The Morgan fingerprint density at radius 2 is 1.94 bits per heavy atom. The molecule has 0 atom stereocenters. The van der Waals surface area contributed by atoms with Crippen LogP contribution >= 0.6 is 0 Å². The number of anilines is 1. The monoisotopic (exact) mass is 447 g/mol. The molecule has 33 heavy (non-hydrogen) atoms. The van der Waals surface area contributed by atoms with E-state index in [1.165, 1.54) is 0 Å². The van der Waals surface area contributed by atoms with Crippen LogP contribution in [0.2, 0.25) is 0 Å². The van der Waals surface area contributed by atoms with Gasteiger partial charge < -0.3 is 24.5 Å². The fourth-order valence-corrected chi connectivity index (χ4v) is 3.84. The average Bonchev–Trinajstić information content (AvgIpc) is 3.52. The fourth-order valence-electron chi connectivity index (χ4n) is 3.84. The molecule has 0 radical (unpaired) electrons. The van der Waals surface area contributed by atoms with Gasteiger partial charge in [-0.25, -0.2) is 9.67 Å². The molecule has 4 heterocycles. The summed E-state index contributed by atoms with van der Waals surface area (Å²) >= 11 is 0. The minimum absolute atomic E-state index is 0.0152. The molecule has 1 aromatic carbocycles. The van der Waals surface area contributed by atoms with Crippen LogP contribution in [-0.2, 0) is 4.74 Å². The van der Waals surface area contributed by atoms with Crippen LogP contribution in [0.25, 0.3) is 28.2 Å². The second kappa shape index (κ2) is 9.43. The summed E-state index contributed by atoms with van der Waals surface area (Å²) in [5.74, 6) is 0.494. The van der Waals surface area contributed by atoms with E-state index in [0.29, 0.717) is 56.2 Å². The van der Waals surface area contributed by atoms with Gasteiger partial charge in [-0.1, -0.05) is 30.3 Å². The number of furan rings is 1. The predicted octanol–water partition coefficient (Wildman–Crippen LogP) is 2.63. The molecule has 0 unspecified atom stereocenters. The van der Waals surface area contributed by atoms with Crippen LogP contribution < -0.4 is 10.2 Å². The van der Waals surface area contributed by atoms with Crippen molar-refractivity contribution in [3.63, 3.8) is 0 Å². The summed E-state index contributed by atoms with van der Waals surface area (Å²) in [7, 11) is 0. The zero-order valence-corrected chi connectivity index (χ0v) is 18.1. The summed E-state index contributed by atoms with van der Waals surface area (Å²) in [6, 6.07) is 15.5. The molecule has 1 amide bonds. The normalized spacial score (nSPS) is 14.0. The van der Waals surface area contributed by atoms with Crippen molar-refractivity contribution in [1.82, 2.24) is 20.1 Å². The lowest BCUT2D eigenvalue weighted by Gasteiger charge is -2.28. The molecule has 9 heteroatoms. The molecule has 9 nitrogen and oxygen atoms in total. The largest absolute Gasteiger partial charge is 0.447 e. The maximum Gasteiger partial charge on any atom is 0.287 e. The topological polar surface area (TPSA) is 106 Å². The van der Waals surface area contributed by atoms with Crippen molar-refractivity contribution in [2.24, 2.45) is 0 Å². The molecular weight excluding hydrogens is 422 g/mol. The molecule has 0 bridgehead atoms. The van der Waals surface area contributed by atoms with Crippen LogP contribution in [0.4, 0.5) is 5.69 Å². The van der Waals surface area contributed by atoms with Crippen LogP contribution in [0.15, 0.2) is 59.1 Å². The number of aliphatic hydroxyl groups excluding tert-OH is 1. The number of rotatable bonds is 7. The van der Waals surface area contributed by atoms with Gasteiger partial charge in [0.05, 0.1) is 24.6 Å². The molecule has 3 aromatic heterocycles. The minimum Gasteiger partial charge on any atom is -0.447 e. The third kappa shape index (κ3) is 4.46. The van der Waals surface area contributed by atoms with Gasteiger partial charge in [0.2, 0.25) is 0 Å². The van der Waals surface area contributed by atoms with E-state index < -0.39 is 0 Å². The molecule has 170 valence electrons. The zero-order chi connectivity index (χ0) is 22.6. The average molecular weight is 447 g/mol. The smallest absolute Gasteiger partial charge is 0.287 e. The van der Waals surface area contributed by atoms with Crippen molar-refractivity contribution in [2.75, 3.05) is 44.4 Å². The standard InChI is InChI=1S/C24H25N5O4/c30-12-4-8-25-24(31)21-15-19-23(33-21)20(28-10-13-32-14-11-28)16-22(26-19)29-9-7-18(27-29)17-5-2-1-3-6-17/h1-3,5-7,9,15-16,30H,4,8,10-14H2,(H,25,31). The van der Waals surface area contributed by atoms with Gasteiger partial charge in [-0.15, -0.1) is 0 Å². The zero-order valence-electron chi connectivity index (χ0n) is 18.1. The van der Waals surface area contributed by atoms with Gasteiger partial charge in [-0.3, -0.25) is 4.79 Å². The third-order valence-electron chi connectivity index (χ3n) is 5.54. The first-order valence-corrected chi connectivity index (χ1v) is 11.0. The van der Waals surface area contributed by atoms with Gasteiger partial charge in [0.25, 0.3) is 5.91 Å². The molecular formula is C24H25N5O4. The lowest BCUT2D eigenvalue weighted by molar-refractivity contribution is 0.0925. The second-order valence-electron chi connectivity index (χ2n) is 7.77. The Morgan fingerprint density at radius 1 is 1.12 bits per heavy atom. The van der Waals surface area contributed by atoms with Crippen molar-refractivity contribution in [3.05, 3.63) is 60.5 Å². The quantitative estimate of drug-likeness (QED) is 0.420. The van der Waals surface area contributed by atoms with Crippen molar-refractivity contribution < 1.29 is 19.1 Å². The SMILES string of the molecule is O=C(NCCCO)c1cc2nc(-n3ccc(-c4ccccc4)n3)cc(N3CCOCC3)c2o1. The maximum atomic E-state index is 12.5. The fraction of sp³-hybridized carbons (Fsp3) is 0.292. The van der Waals surface area contributed by atoms with Crippen molar-refractivity contribution in [2.45, 2.75) is 6.42 Å². The number of nitrogens with one attached hydrogen (secondary N) is 1. The highest BCUT2D eigenvalue weighted by molar-refractivity contribution is 5.98. The highest BCUT2D eigenvalue weighted by Gasteiger charge is 2.22. The number of morpholine rings is 1. The molecule has 1 saturated heterocycles. The summed E-state index contributed by atoms with van der Waals surface area (Å²) in [5, 5.41) is 16.4. The first kappa shape index (κ1) is 21.2. The van der Waals surface area contributed by atoms with Crippen LogP contribution in [0, 0.1) is 0 Å². The number of aromatic nitrogens is 3. The molecule has 2 N–H and O–H groups in total. The lowest BCUT2D eigenvalue weighted by Crippen LogP contribution is -2.36. The molecule has 0 saturated carbocycles. The number of fused-ring (bicyclic) bond motifs is 1. The van der Waals surface area contributed by atoms with E-state index in [1.807, 2.05) is 48.7 Å². The number of amides is 1. The maximum absolute atomic E-state index is 12.5. The highest BCUT2D eigenvalue weighted by atomic mass is 16.5. The van der Waals surface area contributed by atoms with E-state index >= 15 is 0 Å². The number of benzene rings is 1. The molecule has 1 aliphatic rings. The number of carbonyl (C=O) groups excluding carboxylic acids is 1. The Morgan fingerprint density at radius 3 is 2.73 bits per heavy atom. The van der Waals surface area contributed by atoms with E-state index in [-0.39, 0.29) is 18.3 Å². The molecule has 1 aliphatic heterocycles. The predicted molar refractivity (Wildman–Crippen MR) is 124 cm³/mol. The Kier molecular flexibility index (Phi) is 6.05. The molecule has 0 aliphatic carbocycles. The molecule has 0 spiro atoms. The number of ether oxygens (including phenoxy) is 1. The van der Waals surface area contributed by atoms with Crippen molar-refractivity contribution >= 4 is 22.7 Å². The Hall–Kier alpha value is -3.69. The number of hydrogen-bond donors (Lipinski definition) is 2. The number of pyridine rings is 1. The third-order valence-corrected chi connectivity index (χ3v) is 5.54. The van der Waals surface area contributed by atoms with Crippen LogP contribution in [-0.4, -0.2) is 65.2 Å². The summed E-state index contributed by atoms with van der Waals surface area (Å²) in [6.07, 6.45) is 2.36. The summed E-state index contributed by atoms with van der Waals surface area (Å²) in [6.45, 7) is 3.05. The number of hydrogen-bond acceptors (Lipinski definition) is 7. The van der Waals surface area contributed by atoms with Crippen molar-refractivity contribution in [3.8, 4) is 17.1 Å². The van der Waals surface area contributed by atoms with Crippen LogP contribution in [0.1, 0.15) is 17.0 Å². The van der Waals surface area contributed by atoms with Gasteiger partial charge in [0.15, 0.2) is 17.2 Å². The molecule has 1 fully saturated rings. The minimum atomic E-state index is -0.332.